The fourth-order valence-corrected chi connectivity index (χ4v) is 3.01. The Morgan fingerprint density at radius 3 is 2.35 bits per heavy atom. The summed E-state index contributed by atoms with van der Waals surface area (Å²) in [7, 11) is 0. The maximum absolute atomic E-state index is 13.2. The van der Waals surface area contributed by atoms with E-state index in [0.717, 1.165) is 24.3 Å². The predicted octanol–water partition coefficient (Wildman–Crippen LogP) is 3.06. The Hall–Kier alpha value is -2.89. The first kappa shape index (κ1) is 17.9. The first-order chi connectivity index (χ1) is 12.5. The largest absolute Gasteiger partial charge is 0.368 e. The SMILES string of the molecule is CC(=O)c1ccc(N2CCN(C(=O)NCc3cccc(F)c3)CC2)cc1. The monoisotopic (exact) mass is 355 g/mol. The Kier molecular flexibility index (Phi) is 5.51. The van der Waals surface area contributed by atoms with Gasteiger partial charge in [-0.25, -0.2) is 9.18 Å². The first-order valence-electron chi connectivity index (χ1n) is 8.66. The average Bonchev–Trinajstić information content (AvgIpc) is 2.66. The van der Waals surface area contributed by atoms with Crippen LogP contribution in [0.1, 0.15) is 22.8 Å². The molecule has 26 heavy (non-hydrogen) atoms. The number of ketones is 1. The van der Waals surface area contributed by atoms with Crippen LogP contribution in [0.15, 0.2) is 48.5 Å². The molecule has 3 rings (SSSR count). The predicted molar refractivity (Wildman–Crippen MR) is 98.9 cm³/mol. The topological polar surface area (TPSA) is 52.7 Å². The molecule has 1 aliphatic rings. The lowest BCUT2D eigenvalue weighted by atomic mass is 10.1. The van der Waals surface area contributed by atoms with Crippen LogP contribution >= 0.6 is 0 Å². The molecular weight excluding hydrogens is 333 g/mol. The van der Waals surface area contributed by atoms with Crippen molar-refractivity contribution in [3.8, 4) is 0 Å². The highest BCUT2D eigenvalue weighted by Gasteiger charge is 2.21. The number of anilines is 1. The van der Waals surface area contributed by atoms with E-state index < -0.39 is 0 Å². The molecule has 1 heterocycles. The van der Waals surface area contributed by atoms with E-state index in [1.807, 2.05) is 24.3 Å². The lowest BCUT2D eigenvalue weighted by Crippen LogP contribution is -2.51. The summed E-state index contributed by atoms with van der Waals surface area (Å²) in [5.74, 6) is -0.252. The van der Waals surface area contributed by atoms with Crippen molar-refractivity contribution >= 4 is 17.5 Å². The fourth-order valence-electron chi connectivity index (χ4n) is 3.01. The molecule has 0 aliphatic carbocycles. The second kappa shape index (κ2) is 7.99. The Morgan fingerprint density at radius 1 is 1.04 bits per heavy atom. The van der Waals surface area contributed by atoms with Gasteiger partial charge in [-0.1, -0.05) is 12.1 Å². The van der Waals surface area contributed by atoms with Crippen molar-refractivity contribution in [3.63, 3.8) is 0 Å². The van der Waals surface area contributed by atoms with Crippen molar-refractivity contribution in [2.45, 2.75) is 13.5 Å². The number of hydrogen-bond acceptors (Lipinski definition) is 3. The van der Waals surface area contributed by atoms with Crippen LogP contribution in [0, 0.1) is 5.82 Å². The molecule has 1 fully saturated rings. The molecule has 136 valence electrons. The number of nitrogens with zero attached hydrogens (tertiary/aromatic N) is 2. The number of urea groups is 1. The zero-order valence-electron chi connectivity index (χ0n) is 14.7. The highest BCUT2D eigenvalue weighted by Crippen LogP contribution is 2.17. The molecule has 0 unspecified atom stereocenters. The van der Waals surface area contributed by atoms with Gasteiger partial charge < -0.3 is 15.1 Å². The Balaban J connectivity index is 1.49. The third-order valence-electron chi connectivity index (χ3n) is 4.54. The number of carbonyl (C=O) groups is 2. The van der Waals surface area contributed by atoms with Crippen LogP contribution in [0.5, 0.6) is 0 Å². The molecule has 0 atom stereocenters. The van der Waals surface area contributed by atoms with Crippen molar-refractivity contribution in [2.75, 3.05) is 31.1 Å². The van der Waals surface area contributed by atoms with Gasteiger partial charge in [-0.15, -0.1) is 0 Å². The number of nitrogens with one attached hydrogen (secondary N) is 1. The van der Waals surface area contributed by atoms with Gasteiger partial charge in [0.25, 0.3) is 0 Å². The molecule has 0 saturated carbocycles. The van der Waals surface area contributed by atoms with Crippen LogP contribution < -0.4 is 10.2 Å². The minimum atomic E-state index is -0.304. The maximum atomic E-state index is 13.2. The zero-order chi connectivity index (χ0) is 18.5. The number of halogens is 1. The second-order valence-corrected chi connectivity index (χ2v) is 6.37. The Labute approximate surface area is 152 Å². The van der Waals surface area contributed by atoms with Crippen LogP contribution in [0.4, 0.5) is 14.9 Å². The van der Waals surface area contributed by atoms with Crippen LogP contribution in [0.3, 0.4) is 0 Å². The molecule has 2 aromatic carbocycles. The van der Waals surface area contributed by atoms with Crippen molar-refractivity contribution in [1.82, 2.24) is 10.2 Å². The summed E-state index contributed by atoms with van der Waals surface area (Å²) in [6, 6.07) is 13.6. The number of Topliss-reactive ketones (excluding diaryl/α,β-unsaturated/α-hetero) is 1. The van der Waals surface area contributed by atoms with Crippen LogP contribution in [-0.4, -0.2) is 42.9 Å². The summed E-state index contributed by atoms with van der Waals surface area (Å²) in [5, 5.41) is 2.83. The minimum absolute atomic E-state index is 0.0522. The summed E-state index contributed by atoms with van der Waals surface area (Å²) in [6.07, 6.45) is 0. The highest BCUT2D eigenvalue weighted by atomic mass is 19.1. The molecule has 1 saturated heterocycles. The molecular formula is C20H22FN3O2. The fraction of sp³-hybridized carbons (Fsp3) is 0.300. The van der Waals surface area contributed by atoms with Gasteiger partial charge in [0.1, 0.15) is 5.82 Å². The van der Waals surface area contributed by atoms with Gasteiger partial charge in [-0.3, -0.25) is 4.79 Å². The van der Waals surface area contributed by atoms with E-state index >= 15 is 0 Å². The minimum Gasteiger partial charge on any atom is -0.368 e. The van der Waals surface area contributed by atoms with E-state index in [2.05, 4.69) is 10.2 Å². The number of benzene rings is 2. The van der Waals surface area contributed by atoms with E-state index in [-0.39, 0.29) is 17.6 Å². The Morgan fingerprint density at radius 2 is 1.73 bits per heavy atom. The van der Waals surface area contributed by atoms with Gasteiger partial charge in [0.05, 0.1) is 0 Å². The van der Waals surface area contributed by atoms with E-state index in [0.29, 0.717) is 25.2 Å². The van der Waals surface area contributed by atoms with E-state index in [1.165, 1.54) is 12.1 Å². The molecule has 2 amide bonds. The zero-order valence-corrected chi connectivity index (χ0v) is 14.7. The van der Waals surface area contributed by atoms with E-state index in [4.69, 9.17) is 0 Å². The summed E-state index contributed by atoms with van der Waals surface area (Å²) in [5.41, 5.74) is 2.49. The highest BCUT2D eigenvalue weighted by molar-refractivity contribution is 5.94. The first-order valence-corrected chi connectivity index (χ1v) is 8.66. The molecule has 0 aromatic heterocycles. The van der Waals surface area contributed by atoms with Crippen LogP contribution in [0.2, 0.25) is 0 Å². The van der Waals surface area contributed by atoms with Crippen molar-refractivity contribution in [2.24, 2.45) is 0 Å². The molecule has 1 N–H and O–H groups in total. The summed E-state index contributed by atoms with van der Waals surface area (Å²) in [4.78, 5) is 27.6. The van der Waals surface area contributed by atoms with Gasteiger partial charge in [0.15, 0.2) is 5.78 Å². The van der Waals surface area contributed by atoms with Gasteiger partial charge in [0.2, 0.25) is 0 Å². The third kappa shape index (κ3) is 4.39. The number of rotatable bonds is 4. The third-order valence-corrected chi connectivity index (χ3v) is 4.54. The van der Waals surface area contributed by atoms with Crippen molar-refractivity contribution in [1.29, 1.82) is 0 Å². The quantitative estimate of drug-likeness (QED) is 0.858. The summed E-state index contributed by atoms with van der Waals surface area (Å²) < 4.78 is 13.2. The molecule has 0 bridgehead atoms. The standard InChI is InChI=1S/C20H22FN3O2/c1-15(25)17-5-7-19(8-6-17)23-9-11-24(12-10-23)20(26)22-14-16-3-2-4-18(21)13-16/h2-8,13H,9-12,14H2,1H3,(H,22,26). The van der Waals surface area contributed by atoms with Gasteiger partial charge in [0, 0.05) is 44.0 Å². The average molecular weight is 355 g/mol. The van der Waals surface area contributed by atoms with Gasteiger partial charge in [-0.05, 0) is 48.9 Å². The molecule has 0 spiro atoms. The molecule has 1 aliphatic heterocycles. The number of carbonyl (C=O) groups excluding carboxylic acids is 2. The normalized spacial score (nSPS) is 14.2. The summed E-state index contributed by atoms with van der Waals surface area (Å²) in [6.45, 7) is 4.55. The van der Waals surface area contributed by atoms with Crippen molar-refractivity contribution < 1.29 is 14.0 Å². The lowest BCUT2D eigenvalue weighted by Gasteiger charge is -2.36. The van der Waals surface area contributed by atoms with Crippen LogP contribution in [-0.2, 0) is 6.54 Å². The van der Waals surface area contributed by atoms with E-state index in [9.17, 15) is 14.0 Å². The number of hydrogen-bond donors (Lipinski definition) is 1. The lowest BCUT2D eigenvalue weighted by molar-refractivity contribution is 0.101. The van der Waals surface area contributed by atoms with Crippen LogP contribution in [0.25, 0.3) is 0 Å². The van der Waals surface area contributed by atoms with E-state index in [1.54, 1.807) is 24.0 Å². The Bertz CT molecular complexity index is 784. The molecule has 0 radical (unpaired) electrons. The number of amides is 2. The second-order valence-electron chi connectivity index (χ2n) is 6.37. The maximum Gasteiger partial charge on any atom is 0.317 e. The number of piperazine rings is 1. The molecule has 5 nitrogen and oxygen atoms in total. The van der Waals surface area contributed by atoms with Crippen molar-refractivity contribution in [3.05, 3.63) is 65.5 Å². The van der Waals surface area contributed by atoms with Gasteiger partial charge in [-0.2, -0.15) is 0 Å². The smallest absolute Gasteiger partial charge is 0.317 e. The molecule has 2 aromatic rings. The van der Waals surface area contributed by atoms with Gasteiger partial charge >= 0.3 is 6.03 Å². The molecule has 6 heteroatoms. The summed E-state index contributed by atoms with van der Waals surface area (Å²) >= 11 is 0.